The summed E-state index contributed by atoms with van der Waals surface area (Å²) in [7, 11) is 4.75. The van der Waals surface area contributed by atoms with Gasteiger partial charge in [0.1, 0.15) is 6.10 Å². The van der Waals surface area contributed by atoms with E-state index in [1.807, 2.05) is 6.07 Å². The van der Waals surface area contributed by atoms with E-state index in [4.69, 9.17) is 18.9 Å². The first-order valence-electron chi connectivity index (χ1n) is 7.56. The molecule has 1 aliphatic rings. The van der Waals surface area contributed by atoms with Gasteiger partial charge in [-0.25, -0.2) is 0 Å². The Kier molecular flexibility index (Phi) is 8.84. The smallest absolute Gasteiger partial charge is 0.257 e. The second-order valence-electron chi connectivity index (χ2n) is 5.09. The average Bonchev–Trinajstić information content (AvgIpc) is 2.62. The summed E-state index contributed by atoms with van der Waals surface area (Å²) in [5.74, 6) is 1.09. The molecule has 136 valence electrons. The highest BCUT2D eigenvalue weighted by Gasteiger charge is 2.28. The van der Waals surface area contributed by atoms with Crippen LogP contribution >= 0.6 is 12.4 Å². The van der Waals surface area contributed by atoms with Crippen molar-refractivity contribution >= 4 is 24.0 Å². The molecule has 1 aliphatic heterocycles. The molecule has 1 N–H and O–H groups in total. The van der Waals surface area contributed by atoms with Crippen LogP contribution in [0.25, 0.3) is 0 Å². The monoisotopic (exact) mass is 360 g/mol. The SMILES string of the molecule is COCCN(C(=O)C1CNCCO1)c1ccc(OC)c(OC)c1.Cl. The second kappa shape index (κ2) is 10.4. The molecule has 1 heterocycles. The minimum Gasteiger partial charge on any atom is -0.493 e. The zero-order valence-electron chi connectivity index (χ0n) is 14.2. The molecule has 0 spiro atoms. The molecule has 8 heteroatoms. The van der Waals surface area contributed by atoms with E-state index < -0.39 is 6.10 Å². The van der Waals surface area contributed by atoms with Crippen molar-refractivity contribution in [3.63, 3.8) is 0 Å². The molecular weight excluding hydrogens is 336 g/mol. The van der Waals surface area contributed by atoms with Crippen LogP contribution in [0.1, 0.15) is 0 Å². The molecule has 1 saturated heterocycles. The fourth-order valence-electron chi connectivity index (χ4n) is 2.44. The van der Waals surface area contributed by atoms with E-state index in [2.05, 4.69) is 5.32 Å². The van der Waals surface area contributed by atoms with Gasteiger partial charge in [0, 0.05) is 38.5 Å². The molecule has 0 radical (unpaired) electrons. The van der Waals surface area contributed by atoms with E-state index in [9.17, 15) is 4.79 Å². The number of benzene rings is 1. The number of morpholine rings is 1. The Bertz CT molecular complexity index is 523. The van der Waals surface area contributed by atoms with Gasteiger partial charge >= 0.3 is 0 Å². The van der Waals surface area contributed by atoms with Gasteiger partial charge in [-0.1, -0.05) is 0 Å². The Labute approximate surface area is 148 Å². The van der Waals surface area contributed by atoms with Gasteiger partial charge in [0.2, 0.25) is 0 Å². The molecule has 0 aromatic heterocycles. The molecule has 1 atom stereocenters. The topological polar surface area (TPSA) is 69.3 Å². The number of anilines is 1. The number of hydrogen-bond donors (Lipinski definition) is 1. The van der Waals surface area contributed by atoms with Crippen LogP contribution in [0.5, 0.6) is 11.5 Å². The maximum absolute atomic E-state index is 12.8. The number of nitrogens with one attached hydrogen (secondary N) is 1. The fourth-order valence-corrected chi connectivity index (χ4v) is 2.44. The lowest BCUT2D eigenvalue weighted by atomic mass is 10.2. The van der Waals surface area contributed by atoms with Crippen LogP contribution < -0.4 is 19.7 Å². The first kappa shape index (κ1) is 20.5. The fraction of sp³-hybridized carbons (Fsp3) is 0.562. The molecule has 1 amide bonds. The van der Waals surface area contributed by atoms with Crippen molar-refractivity contribution in [1.29, 1.82) is 0 Å². The van der Waals surface area contributed by atoms with Crippen molar-refractivity contribution in [3.05, 3.63) is 18.2 Å². The second-order valence-corrected chi connectivity index (χ2v) is 5.09. The van der Waals surface area contributed by atoms with E-state index in [0.29, 0.717) is 37.8 Å². The summed E-state index contributed by atoms with van der Waals surface area (Å²) in [6.07, 6.45) is -0.492. The van der Waals surface area contributed by atoms with Crippen molar-refractivity contribution in [2.75, 3.05) is 59.1 Å². The molecule has 2 rings (SSSR count). The first-order chi connectivity index (χ1) is 11.2. The highest BCUT2D eigenvalue weighted by atomic mass is 35.5. The number of halogens is 1. The van der Waals surface area contributed by atoms with Gasteiger partial charge in [-0.2, -0.15) is 0 Å². The number of carbonyl (C=O) groups is 1. The van der Waals surface area contributed by atoms with Crippen molar-refractivity contribution in [3.8, 4) is 11.5 Å². The number of carbonyl (C=O) groups excluding carboxylic acids is 1. The number of hydrogen-bond acceptors (Lipinski definition) is 6. The average molecular weight is 361 g/mol. The van der Waals surface area contributed by atoms with Crippen LogP contribution in [0.4, 0.5) is 5.69 Å². The van der Waals surface area contributed by atoms with Crippen LogP contribution in [-0.2, 0) is 14.3 Å². The van der Waals surface area contributed by atoms with Crippen LogP contribution in [0.3, 0.4) is 0 Å². The van der Waals surface area contributed by atoms with Crippen LogP contribution in [0.2, 0.25) is 0 Å². The van der Waals surface area contributed by atoms with Gasteiger partial charge in [0.25, 0.3) is 5.91 Å². The van der Waals surface area contributed by atoms with E-state index >= 15 is 0 Å². The highest BCUT2D eigenvalue weighted by Crippen LogP contribution is 2.31. The minimum atomic E-state index is -0.492. The van der Waals surface area contributed by atoms with Crippen LogP contribution in [0.15, 0.2) is 18.2 Å². The largest absolute Gasteiger partial charge is 0.493 e. The Morgan fingerprint density at radius 1 is 1.29 bits per heavy atom. The van der Waals surface area contributed by atoms with E-state index in [-0.39, 0.29) is 18.3 Å². The molecule has 7 nitrogen and oxygen atoms in total. The predicted molar refractivity (Wildman–Crippen MR) is 93.6 cm³/mol. The van der Waals surface area contributed by atoms with Crippen molar-refractivity contribution in [2.45, 2.75) is 6.10 Å². The molecule has 1 aromatic carbocycles. The lowest BCUT2D eigenvalue weighted by molar-refractivity contribution is -0.131. The maximum atomic E-state index is 12.8. The lowest BCUT2D eigenvalue weighted by Gasteiger charge is -2.30. The zero-order valence-corrected chi connectivity index (χ0v) is 15.1. The summed E-state index contributed by atoms with van der Waals surface area (Å²) in [5, 5.41) is 3.17. The summed E-state index contributed by atoms with van der Waals surface area (Å²) in [5.41, 5.74) is 0.721. The predicted octanol–water partition coefficient (Wildman–Crippen LogP) is 1.09. The van der Waals surface area contributed by atoms with Gasteiger partial charge < -0.3 is 29.2 Å². The summed E-state index contributed by atoms with van der Waals surface area (Å²) < 4.78 is 21.3. The van der Waals surface area contributed by atoms with Crippen LogP contribution in [0, 0.1) is 0 Å². The third-order valence-electron chi connectivity index (χ3n) is 3.67. The van der Waals surface area contributed by atoms with Crippen molar-refractivity contribution in [1.82, 2.24) is 5.32 Å². The number of nitrogens with zero attached hydrogens (tertiary/aromatic N) is 1. The zero-order chi connectivity index (χ0) is 16.7. The quantitative estimate of drug-likeness (QED) is 0.785. The third-order valence-corrected chi connectivity index (χ3v) is 3.67. The highest BCUT2D eigenvalue weighted by molar-refractivity contribution is 5.97. The van der Waals surface area contributed by atoms with Gasteiger partial charge in [0.05, 0.1) is 27.4 Å². The van der Waals surface area contributed by atoms with E-state index in [0.717, 1.165) is 12.2 Å². The molecule has 1 aromatic rings. The van der Waals surface area contributed by atoms with Gasteiger partial charge in [-0.3, -0.25) is 4.79 Å². The Hall–Kier alpha value is -1.54. The van der Waals surface area contributed by atoms with Gasteiger partial charge in [-0.05, 0) is 12.1 Å². The maximum Gasteiger partial charge on any atom is 0.257 e. The molecule has 0 aliphatic carbocycles. The Balaban J connectivity index is 0.00000288. The summed E-state index contributed by atoms with van der Waals surface area (Å²) in [6, 6.07) is 5.38. The summed E-state index contributed by atoms with van der Waals surface area (Å²) in [6.45, 7) is 2.67. The summed E-state index contributed by atoms with van der Waals surface area (Å²) >= 11 is 0. The molecular formula is C16H25ClN2O5. The number of methoxy groups -OCH3 is 3. The third kappa shape index (κ3) is 4.98. The van der Waals surface area contributed by atoms with E-state index in [1.165, 1.54) is 0 Å². The lowest BCUT2D eigenvalue weighted by Crippen LogP contribution is -2.50. The van der Waals surface area contributed by atoms with Gasteiger partial charge in [-0.15, -0.1) is 12.4 Å². The normalized spacial score (nSPS) is 16.9. The first-order valence-corrected chi connectivity index (χ1v) is 7.56. The summed E-state index contributed by atoms with van der Waals surface area (Å²) in [4.78, 5) is 14.4. The number of rotatable bonds is 7. The van der Waals surface area contributed by atoms with Crippen molar-refractivity contribution in [2.24, 2.45) is 0 Å². The molecule has 1 fully saturated rings. The molecule has 0 bridgehead atoms. The molecule has 24 heavy (non-hydrogen) atoms. The van der Waals surface area contributed by atoms with Crippen LogP contribution in [-0.4, -0.2) is 66.2 Å². The number of ether oxygens (including phenoxy) is 4. The Morgan fingerprint density at radius 3 is 2.62 bits per heavy atom. The minimum absolute atomic E-state index is 0. The molecule has 0 saturated carbocycles. The van der Waals surface area contributed by atoms with Crippen molar-refractivity contribution < 1.29 is 23.7 Å². The van der Waals surface area contributed by atoms with Gasteiger partial charge in [0.15, 0.2) is 11.5 Å². The number of amides is 1. The standard InChI is InChI=1S/C16H24N2O5.ClH/c1-20-9-7-18(16(19)15-11-17-6-8-23-15)12-4-5-13(21-2)14(10-12)22-3;/h4-5,10,15,17H,6-9,11H2,1-3H3;1H. The Morgan fingerprint density at radius 2 is 2.04 bits per heavy atom. The molecule has 1 unspecified atom stereocenters. The van der Waals surface area contributed by atoms with E-state index in [1.54, 1.807) is 38.4 Å².